The molecule has 0 spiro atoms. The van der Waals surface area contributed by atoms with E-state index in [4.69, 9.17) is 5.73 Å². The zero-order valence-corrected chi connectivity index (χ0v) is 12.2. The maximum atomic E-state index is 13.3. The summed E-state index contributed by atoms with van der Waals surface area (Å²) in [5.41, 5.74) is 6.99. The summed E-state index contributed by atoms with van der Waals surface area (Å²) in [6.45, 7) is 1.91. The molecule has 21 heavy (non-hydrogen) atoms. The molecule has 0 saturated carbocycles. The van der Waals surface area contributed by atoms with Gasteiger partial charge in [0.2, 0.25) is 5.91 Å². The van der Waals surface area contributed by atoms with Crippen LogP contribution in [0.15, 0.2) is 47.4 Å². The van der Waals surface area contributed by atoms with Crippen LogP contribution in [0.25, 0.3) is 0 Å². The highest BCUT2D eigenvalue weighted by Crippen LogP contribution is 2.15. The van der Waals surface area contributed by atoms with E-state index in [1.807, 2.05) is 25.1 Å². The number of carbonyl (C=O) groups is 1. The Morgan fingerprint density at radius 3 is 2.71 bits per heavy atom. The summed E-state index contributed by atoms with van der Waals surface area (Å²) in [4.78, 5) is 12.1. The maximum Gasteiger partial charge on any atom is 0.237 e. The molecule has 4 nitrogen and oxygen atoms in total. The standard InChI is InChI=1S/C15H15FN2O2S/c1-10-3-2-4-11(7-10)18-15(19)9-21(20)12-5-6-14(17)13(16)8-12/h2-8H,9,17H2,1H3,(H,18,19). The highest BCUT2D eigenvalue weighted by molar-refractivity contribution is 7.85. The first-order chi connectivity index (χ1) is 9.95. The topological polar surface area (TPSA) is 72.2 Å². The van der Waals surface area contributed by atoms with Crippen molar-refractivity contribution in [2.24, 2.45) is 0 Å². The van der Waals surface area contributed by atoms with E-state index in [2.05, 4.69) is 5.32 Å². The molecule has 0 radical (unpaired) electrons. The number of nitrogens with two attached hydrogens (primary N) is 1. The Bertz CT molecular complexity index is 704. The summed E-state index contributed by atoms with van der Waals surface area (Å²) in [5.74, 6) is -1.27. The van der Waals surface area contributed by atoms with Crippen LogP contribution in [-0.4, -0.2) is 15.9 Å². The van der Waals surface area contributed by atoms with Crippen LogP contribution in [0.4, 0.5) is 15.8 Å². The molecule has 0 aliphatic carbocycles. The van der Waals surface area contributed by atoms with Crippen LogP contribution in [0.3, 0.4) is 0 Å². The van der Waals surface area contributed by atoms with E-state index in [-0.39, 0.29) is 16.3 Å². The van der Waals surface area contributed by atoms with Crippen molar-refractivity contribution >= 4 is 28.1 Å². The normalized spacial score (nSPS) is 11.9. The van der Waals surface area contributed by atoms with Crippen molar-refractivity contribution < 1.29 is 13.4 Å². The number of amides is 1. The number of hydrogen-bond acceptors (Lipinski definition) is 3. The molecular formula is C15H15FN2O2S. The van der Waals surface area contributed by atoms with Crippen LogP contribution in [0.5, 0.6) is 0 Å². The lowest BCUT2D eigenvalue weighted by Gasteiger charge is -2.06. The predicted molar refractivity (Wildman–Crippen MR) is 81.9 cm³/mol. The lowest BCUT2D eigenvalue weighted by atomic mass is 10.2. The summed E-state index contributed by atoms with van der Waals surface area (Å²) in [6.07, 6.45) is 0. The molecule has 0 heterocycles. The Balaban J connectivity index is 2.02. The van der Waals surface area contributed by atoms with Crippen LogP contribution in [0.2, 0.25) is 0 Å². The number of hydrogen-bond donors (Lipinski definition) is 2. The van der Waals surface area contributed by atoms with Gasteiger partial charge in [0.1, 0.15) is 11.6 Å². The number of halogens is 1. The van der Waals surface area contributed by atoms with Gasteiger partial charge in [0, 0.05) is 10.6 Å². The summed E-state index contributed by atoms with van der Waals surface area (Å²) in [7, 11) is -1.62. The van der Waals surface area contributed by atoms with Crippen LogP contribution >= 0.6 is 0 Å². The van der Waals surface area contributed by atoms with E-state index in [0.29, 0.717) is 5.69 Å². The highest BCUT2D eigenvalue weighted by Gasteiger charge is 2.12. The third-order valence-corrected chi connectivity index (χ3v) is 4.10. The van der Waals surface area contributed by atoms with Crippen LogP contribution in [-0.2, 0) is 15.6 Å². The quantitative estimate of drug-likeness (QED) is 0.852. The van der Waals surface area contributed by atoms with E-state index in [0.717, 1.165) is 11.6 Å². The number of nitrogens with one attached hydrogen (secondary N) is 1. The van der Waals surface area contributed by atoms with Crippen molar-refractivity contribution in [2.45, 2.75) is 11.8 Å². The Hall–Kier alpha value is -2.21. The van der Waals surface area contributed by atoms with Gasteiger partial charge in [0.25, 0.3) is 0 Å². The van der Waals surface area contributed by atoms with Crippen LogP contribution in [0.1, 0.15) is 5.56 Å². The Morgan fingerprint density at radius 1 is 1.29 bits per heavy atom. The number of carbonyl (C=O) groups excluding carboxylic acids is 1. The molecule has 1 unspecified atom stereocenters. The third kappa shape index (κ3) is 4.13. The molecule has 1 atom stereocenters. The van der Waals surface area contributed by atoms with Crippen LogP contribution < -0.4 is 11.1 Å². The van der Waals surface area contributed by atoms with Crippen molar-refractivity contribution in [3.8, 4) is 0 Å². The van der Waals surface area contributed by atoms with Gasteiger partial charge < -0.3 is 11.1 Å². The molecule has 0 saturated heterocycles. The fraction of sp³-hybridized carbons (Fsp3) is 0.133. The average Bonchev–Trinajstić information content (AvgIpc) is 2.41. The Morgan fingerprint density at radius 2 is 2.05 bits per heavy atom. The first-order valence-corrected chi connectivity index (χ1v) is 7.57. The first-order valence-electron chi connectivity index (χ1n) is 6.25. The smallest absolute Gasteiger partial charge is 0.237 e. The molecule has 0 aromatic heterocycles. The van der Waals surface area contributed by atoms with Crippen molar-refractivity contribution in [2.75, 3.05) is 16.8 Å². The minimum absolute atomic E-state index is 0.0139. The van der Waals surface area contributed by atoms with Gasteiger partial charge in [0.15, 0.2) is 0 Å². The van der Waals surface area contributed by atoms with E-state index >= 15 is 0 Å². The SMILES string of the molecule is Cc1cccc(NC(=O)CS(=O)c2ccc(N)c(F)c2)c1. The molecular weight excluding hydrogens is 291 g/mol. The second-order valence-electron chi connectivity index (χ2n) is 4.59. The van der Waals surface area contributed by atoms with E-state index in [9.17, 15) is 13.4 Å². The largest absolute Gasteiger partial charge is 0.396 e. The van der Waals surface area contributed by atoms with Crippen molar-refractivity contribution in [3.63, 3.8) is 0 Å². The summed E-state index contributed by atoms with van der Waals surface area (Å²) in [5, 5.41) is 2.66. The van der Waals surface area contributed by atoms with E-state index in [1.54, 1.807) is 6.07 Å². The van der Waals surface area contributed by atoms with Crippen molar-refractivity contribution in [1.82, 2.24) is 0 Å². The molecule has 110 valence electrons. The minimum Gasteiger partial charge on any atom is -0.396 e. The van der Waals surface area contributed by atoms with Gasteiger partial charge in [0.05, 0.1) is 16.5 Å². The molecule has 3 N–H and O–H groups in total. The second-order valence-corrected chi connectivity index (χ2v) is 6.04. The van der Waals surface area contributed by atoms with Gasteiger partial charge in [-0.05, 0) is 42.8 Å². The lowest BCUT2D eigenvalue weighted by Crippen LogP contribution is -2.19. The molecule has 0 aliphatic rings. The first kappa shape index (κ1) is 15.2. The molecule has 0 bridgehead atoms. The fourth-order valence-corrected chi connectivity index (χ4v) is 2.70. The zero-order valence-electron chi connectivity index (χ0n) is 11.4. The van der Waals surface area contributed by atoms with Crippen LogP contribution in [0, 0.1) is 12.7 Å². The average molecular weight is 306 g/mol. The zero-order chi connectivity index (χ0) is 15.4. The summed E-state index contributed by atoms with van der Waals surface area (Å²) < 4.78 is 25.3. The van der Waals surface area contributed by atoms with Crippen molar-refractivity contribution in [3.05, 3.63) is 53.8 Å². The van der Waals surface area contributed by atoms with E-state index < -0.39 is 22.5 Å². The van der Waals surface area contributed by atoms with E-state index in [1.165, 1.54) is 12.1 Å². The van der Waals surface area contributed by atoms with Crippen molar-refractivity contribution in [1.29, 1.82) is 0 Å². The Kier molecular flexibility index (Phi) is 4.70. The molecule has 2 aromatic rings. The van der Waals surface area contributed by atoms with Gasteiger partial charge >= 0.3 is 0 Å². The number of rotatable bonds is 4. The summed E-state index contributed by atoms with van der Waals surface area (Å²) >= 11 is 0. The monoisotopic (exact) mass is 306 g/mol. The van der Waals surface area contributed by atoms with Gasteiger partial charge in [-0.2, -0.15) is 0 Å². The molecule has 0 aliphatic heterocycles. The second kappa shape index (κ2) is 6.49. The highest BCUT2D eigenvalue weighted by atomic mass is 32.2. The van der Waals surface area contributed by atoms with Gasteiger partial charge in [-0.3, -0.25) is 9.00 Å². The minimum atomic E-state index is -1.62. The predicted octanol–water partition coefficient (Wildman–Crippen LogP) is 2.46. The number of anilines is 2. The number of benzene rings is 2. The maximum absolute atomic E-state index is 13.3. The third-order valence-electron chi connectivity index (χ3n) is 2.80. The fourth-order valence-electron chi connectivity index (χ4n) is 1.77. The van der Waals surface area contributed by atoms with Gasteiger partial charge in [-0.15, -0.1) is 0 Å². The van der Waals surface area contributed by atoms with Gasteiger partial charge in [-0.1, -0.05) is 12.1 Å². The Labute approximate surface area is 124 Å². The molecule has 0 fully saturated rings. The molecule has 2 aromatic carbocycles. The summed E-state index contributed by atoms with van der Waals surface area (Å²) in [6, 6.07) is 11.2. The molecule has 6 heteroatoms. The number of nitrogen functional groups attached to an aromatic ring is 1. The van der Waals surface area contributed by atoms with Gasteiger partial charge in [-0.25, -0.2) is 4.39 Å². The molecule has 2 rings (SSSR count). The molecule has 1 amide bonds. The number of aryl methyl sites for hydroxylation is 1. The lowest BCUT2D eigenvalue weighted by molar-refractivity contribution is -0.113.